The Bertz CT molecular complexity index is 171. The van der Waals surface area contributed by atoms with Crippen LogP contribution in [-0.4, -0.2) is 47.1 Å². The summed E-state index contributed by atoms with van der Waals surface area (Å²) in [4.78, 5) is 13.4. The van der Waals surface area contributed by atoms with Crippen LogP contribution >= 0.6 is 11.8 Å². The van der Waals surface area contributed by atoms with Gasteiger partial charge in [0.1, 0.15) is 0 Å². The van der Waals surface area contributed by atoms with Crippen molar-refractivity contribution in [2.75, 3.05) is 25.2 Å². The van der Waals surface area contributed by atoms with Crippen molar-refractivity contribution >= 4 is 17.7 Å². The SMILES string of the molecule is CSCCC(=O)N(CCO)C1CC1. The fourth-order valence-corrected chi connectivity index (χ4v) is 1.72. The van der Waals surface area contributed by atoms with Crippen molar-refractivity contribution in [3.8, 4) is 0 Å². The molecule has 0 bridgehead atoms. The fraction of sp³-hybridized carbons (Fsp3) is 0.889. The molecule has 0 radical (unpaired) electrons. The molecule has 0 atom stereocenters. The van der Waals surface area contributed by atoms with E-state index >= 15 is 0 Å². The zero-order valence-corrected chi connectivity index (χ0v) is 8.85. The second-order valence-corrected chi connectivity index (χ2v) is 4.27. The average molecular weight is 203 g/mol. The highest BCUT2D eigenvalue weighted by Gasteiger charge is 2.31. The largest absolute Gasteiger partial charge is 0.395 e. The van der Waals surface area contributed by atoms with Crippen molar-refractivity contribution < 1.29 is 9.90 Å². The van der Waals surface area contributed by atoms with Gasteiger partial charge in [-0.25, -0.2) is 0 Å². The van der Waals surface area contributed by atoms with Gasteiger partial charge in [-0.15, -0.1) is 0 Å². The molecular formula is C9H17NO2S. The van der Waals surface area contributed by atoms with Crippen LogP contribution in [0.15, 0.2) is 0 Å². The van der Waals surface area contributed by atoms with Gasteiger partial charge in [-0.1, -0.05) is 0 Å². The summed E-state index contributed by atoms with van der Waals surface area (Å²) in [5, 5.41) is 8.79. The molecule has 4 heteroatoms. The van der Waals surface area contributed by atoms with Gasteiger partial charge in [-0.3, -0.25) is 4.79 Å². The van der Waals surface area contributed by atoms with E-state index in [4.69, 9.17) is 5.11 Å². The van der Waals surface area contributed by atoms with Gasteiger partial charge in [0.05, 0.1) is 6.61 Å². The van der Waals surface area contributed by atoms with Crippen LogP contribution in [0.4, 0.5) is 0 Å². The van der Waals surface area contributed by atoms with E-state index in [2.05, 4.69) is 0 Å². The molecule has 1 saturated carbocycles. The Morgan fingerprint density at radius 3 is 2.77 bits per heavy atom. The quantitative estimate of drug-likeness (QED) is 0.691. The van der Waals surface area contributed by atoms with Gasteiger partial charge in [0.2, 0.25) is 5.91 Å². The highest BCUT2D eigenvalue weighted by molar-refractivity contribution is 7.98. The first-order chi connectivity index (χ1) is 6.29. The molecule has 0 aromatic rings. The summed E-state index contributed by atoms with van der Waals surface area (Å²) in [6.07, 6.45) is 4.84. The van der Waals surface area contributed by atoms with E-state index in [1.807, 2.05) is 11.2 Å². The first-order valence-electron chi connectivity index (χ1n) is 4.69. The molecule has 1 rings (SSSR count). The minimum absolute atomic E-state index is 0.0848. The number of thioether (sulfide) groups is 1. The Morgan fingerprint density at radius 2 is 2.31 bits per heavy atom. The fourth-order valence-electron chi connectivity index (χ4n) is 1.34. The first-order valence-corrected chi connectivity index (χ1v) is 6.08. The number of rotatable bonds is 6. The Balaban J connectivity index is 2.29. The average Bonchev–Trinajstić information content (AvgIpc) is 2.93. The molecule has 1 aliphatic carbocycles. The zero-order chi connectivity index (χ0) is 9.68. The summed E-state index contributed by atoms with van der Waals surface area (Å²) in [6, 6.07) is 0.432. The van der Waals surface area contributed by atoms with Crippen LogP contribution in [0.5, 0.6) is 0 Å². The number of nitrogens with zero attached hydrogens (tertiary/aromatic N) is 1. The first kappa shape index (κ1) is 10.9. The molecule has 0 heterocycles. The van der Waals surface area contributed by atoms with E-state index in [1.165, 1.54) is 0 Å². The molecule has 1 amide bonds. The van der Waals surface area contributed by atoms with Gasteiger partial charge in [0, 0.05) is 24.8 Å². The third-order valence-electron chi connectivity index (χ3n) is 2.17. The molecule has 0 aromatic heterocycles. The summed E-state index contributed by atoms with van der Waals surface area (Å²) >= 11 is 1.69. The number of carbonyl (C=O) groups excluding carboxylic acids is 1. The van der Waals surface area contributed by atoms with Crippen molar-refractivity contribution in [2.45, 2.75) is 25.3 Å². The molecule has 0 spiro atoms. The summed E-state index contributed by atoms with van der Waals surface area (Å²) in [7, 11) is 0. The molecule has 0 saturated heterocycles. The topological polar surface area (TPSA) is 40.5 Å². The standard InChI is InChI=1S/C9H17NO2S/c1-13-7-4-9(12)10(5-6-11)8-2-3-8/h8,11H,2-7H2,1H3. The Labute approximate surface area is 83.5 Å². The Morgan fingerprint density at radius 1 is 1.62 bits per heavy atom. The summed E-state index contributed by atoms with van der Waals surface area (Å²) < 4.78 is 0. The zero-order valence-electron chi connectivity index (χ0n) is 8.03. The maximum Gasteiger partial charge on any atom is 0.223 e. The van der Waals surface area contributed by atoms with Gasteiger partial charge >= 0.3 is 0 Å². The number of aliphatic hydroxyl groups excluding tert-OH is 1. The lowest BCUT2D eigenvalue weighted by Gasteiger charge is -2.20. The van der Waals surface area contributed by atoms with Gasteiger partial charge in [-0.05, 0) is 19.1 Å². The third kappa shape index (κ3) is 3.56. The molecule has 76 valence electrons. The van der Waals surface area contributed by atoms with Crippen molar-refractivity contribution in [1.29, 1.82) is 0 Å². The van der Waals surface area contributed by atoms with Crippen LogP contribution in [0.25, 0.3) is 0 Å². The second kappa shape index (κ2) is 5.50. The predicted octanol–water partition coefficient (Wildman–Crippen LogP) is 0.723. The summed E-state index contributed by atoms with van der Waals surface area (Å²) in [5.74, 6) is 1.08. The number of aliphatic hydroxyl groups is 1. The minimum atomic E-state index is 0.0848. The number of hydrogen-bond donors (Lipinski definition) is 1. The molecular weight excluding hydrogens is 186 g/mol. The lowest BCUT2D eigenvalue weighted by molar-refractivity contribution is -0.131. The van der Waals surface area contributed by atoms with Crippen LogP contribution in [0.3, 0.4) is 0 Å². The predicted molar refractivity (Wildman–Crippen MR) is 54.8 cm³/mol. The highest BCUT2D eigenvalue weighted by atomic mass is 32.2. The van der Waals surface area contributed by atoms with Gasteiger partial charge < -0.3 is 10.0 Å². The second-order valence-electron chi connectivity index (χ2n) is 3.28. The van der Waals surface area contributed by atoms with E-state index in [1.54, 1.807) is 11.8 Å². The van der Waals surface area contributed by atoms with E-state index in [-0.39, 0.29) is 12.5 Å². The third-order valence-corrected chi connectivity index (χ3v) is 2.78. The van der Waals surface area contributed by atoms with Crippen molar-refractivity contribution in [3.63, 3.8) is 0 Å². The minimum Gasteiger partial charge on any atom is -0.395 e. The van der Waals surface area contributed by atoms with E-state index in [0.29, 0.717) is 19.0 Å². The van der Waals surface area contributed by atoms with Gasteiger partial charge in [-0.2, -0.15) is 11.8 Å². The monoisotopic (exact) mass is 203 g/mol. The van der Waals surface area contributed by atoms with Crippen molar-refractivity contribution in [1.82, 2.24) is 4.90 Å². The molecule has 0 aliphatic heterocycles. The van der Waals surface area contributed by atoms with E-state index < -0.39 is 0 Å². The van der Waals surface area contributed by atoms with Gasteiger partial charge in [0.25, 0.3) is 0 Å². The van der Waals surface area contributed by atoms with Crippen LogP contribution in [0.2, 0.25) is 0 Å². The van der Waals surface area contributed by atoms with Crippen LogP contribution in [-0.2, 0) is 4.79 Å². The number of carbonyl (C=O) groups is 1. The van der Waals surface area contributed by atoms with Crippen LogP contribution < -0.4 is 0 Å². The number of hydrogen-bond acceptors (Lipinski definition) is 3. The lowest BCUT2D eigenvalue weighted by atomic mass is 10.3. The van der Waals surface area contributed by atoms with E-state index in [9.17, 15) is 4.79 Å². The molecule has 1 aliphatic rings. The maximum atomic E-state index is 11.6. The molecule has 13 heavy (non-hydrogen) atoms. The van der Waals surface area contributed by atoms with E-state index in [0.717, 1.165) is 18.6 Å². The van der Waals surface area contributed by atoms with Crippen LogP contribution in [0, 0.1) is 0 Å². The molecule has 0 aromatic carbocycles. The van der Waals surface area contributed by atoms with Crippen molar-refractivity contribution in [3.05, 3.63) is 0 Å². The molecule has 0 unspecified atom stereocenters. The normalized spacial score (nSPS) is 15.8. The number of amides is 1. The summed E-state index contributed by atoms with van der Waals surface area (Å²) in [6.45, 7) is 0.597. The molecule has 1 N–H and O–H groups in total. The molecule has 1 fully saturated rings. The lowest BCUT2D eigenvalue weighted by Crippen LogP contribution is -2.35. The molecule has 3 nitrogen and oxygen atoms in total. The Kier molecular flexibility index (Phi) is 4.59. The smallest absolute Gasteiger partial charge is 0.223 e. The van der Waals surface area contributed by atoms with Crippen LogP contribution in [0.1, 0.15) is 19.3 Å². The maximum absolute atomic E-state index is 11.6. The Hall–Kier alpha value is -0.220. The van der Waals surface area contributed by atoms with Crippen molar-refractivity contribution in [2.24, 2.45) is 0 Å². The summed E-state index contributed by atoms with van der Waals surface area (Å²) in [5.41, 5.74) is 0. The highest BCUT2D eigenvalue weighted by Crippen LogP contribution is 2.27. The van der Waals surface area contributed by atoms with Gasteiger partial charge in [0.15, 0.2) is 0 Å².